The average molecular weight is 281 g/mol. The van der Waals surface area contributed by atoms with E-state index in [0.717, 1.165) is 34.9 Å². The molecule has 0 saturated heterocycles. The first-order valence-corrected chi connectivity index (χ1v) is 7.60. The van der Waals surface area contributed by atoms with Gasteiger partial charge >= 0.3 is 0 Å². The van der Waals surface area contributed by atoms with Crippen molar-refractivity contribution in [2.24, 2.45) is 0 Å². The van der Waals surface area contributed by atoms with Crippen molar-refractivity contribution < 1.29 is 4.74 Å². The Morgan fingerprint density at radius 3 is 2.79 bits per heavy atom. The standard InChI is InChI=1S/C14H23N3OS/c1-5-10(9-15-11-6-7-11)8-12-13(18-4)16-14(19-12)17(2)3/h8,11,15H,5-7,9H2,1-4H3. The fraction of sp³-hybridized carbons (Fsp3) is 0.643. The van der Waals surface area contributed by atoms with E-state index in [1.165, 1.54) is 18.4 Å². The van der Waals surface area contributed by atoms with Gasteiger partial charge in [-0.2, -0.15) is 4.98 Å². The number of aromatic nitrogens is 1. The van der Waals surface area contributed by atoms with Gasteiger partial charge in [0.05, 0.1) is 12.0 Å². The lowest BCUT2D eigenvalue weighted by atomic mass is 10.2. The Hall–Kier alpha value is -1.07. The van der Waals surface area contributed by atoms with Crippen LogP contribution in [0.1, 0.15) is 31.1 Å². The molecule has 0 spiro atoms. The van der Waals surface area contributed by atoms with Crippen LogP contribution in [0.3, 0.4) is 0 Å². The highest BCUT2D eigenvalue weighted by Crippen LogP contribution is 2.32. The third-order valence-corrected chi connectivity index (χ3v) is 4.32. The lowest BCUT2D eigenvalue weighted by Crippen LogP contribution is -2.18. The predicted molar refractivity (Wildman–Crippen MR) is 82.3 cm³/mol. The normalized spacial score (nSPS) is 15.7. The van der Waals surface area contributed by atoms with Crippen LogP contribution in [0.5, 0.6) is 5.88 Å². The number of rotatable bonds is 7. The van der Waals surface area contributed by atoms with E-state index in [1.54, 1.807) is 18.4 Å². The highest BCUT2D eigenvalue weighted by Gasteiger charge is 2.20. The molecular weight excluding hydrogens is 258 g/mol. The molecule has 1 heterocycles. The van der Waals surface area contributed by atoms with Crippen molar-refractivity contribution in [3.05, 3.63) is 10.5 Å². The smallest absolute Gasteiger partial charge is 0.233 e. The Bertz CT molecular complexity index is 450. The molecule has 5 heteroatoms. The molecule has 0 amide bonds. The number of anilines is 1. The minimum absolute atomic E-state index is 0.728. The molecule has 1 aromatic rings. The maximum atomic E-state index is 5.37. The van der Waals surface area contributed by atoms with Gasteiger partial charge in [0.15, 0.2) is 5.13 Å². The molecule has 2 rings (SSSR count). The van der Waals surface area contributed by atoms with Crippen LogP contribution in [0.4, 0.5) is 5.13 Å². The minimum atomic E-state index is 0.728. The molecule has 0 radical (unpaired) electrons. The molecule has 0 aliphatic heterocycles. The maximum absolute atomic E-state index is 5.37. The first-order valence-electron chi connectivity index (χ1n) is 6.79. The Balaban J connectivity index is 2.12. The maximum Gasteiger partial charge on any atom is 0.233 e. The molecule has 1 aromatic heterocycles. The van der Waals surface area contributed by atoms with Crippen LogP contribution in [-0.2, 0) is 0 Å². The lowest BCUT2D eigenvalue weighted by Gasteiger charge is -2.06. The average Bonchev–Trinajstić information content (AvgIpc) is 3.13. The van der Waals surface area contributed by atoms with Crippen LogP contribution in [0, 0.1) is 0 Å². The molecule has 1 fully saturated rings. The molecule has 0 bridgehead atoms. The second-order valence-corrected chi connectivity index (χ2v) is 6.08. The van der Waals surface area contributed by atoms with E-state index in [9.17, 15) is 0 Å². The van der Waals surface area contributed by atoms with Crippen LogP contribution in [-0.4, -0.2) is 38.8 Å². The summed E-state index contributed by atoms with van der Waals surface area (Å²) in [5.41, 5.74) is 1.40. The van der Waals surface area contributed by atoms with Crippen molar-refractivity contribution in [2.45, 2.75) is 32.2 Å². The van der Waals surface area contributed by atoms with Gasteiger partial charge in [0, 0.05) is 26.7 Å². The van der Waals surface area contributed by atoms with E-state index in [4.69, 9.17) is 4.74 Å². The van der Waals surface area contributed by atoms with Crippen molar-refractivity contribution in [1.29, 1.82) is 0 Å². The second kappa shape index (κ2) is 6.39. The number of methoxy groups -OCH3 is 1. The van der Waals surface area contributed by atoms with E-state index in [-0.39, 0.29) is 0 Å². The fourth-order valence-electron chi connectivity index (χ4n) is 1.76. The molecule has 1 N–H and O–H groups in total. The van der Waals surface area contributed by atoms with Gasteiger partial charge in [-0.15, -0.1) is 0 Å². The molecule has 1 aliphatic carbocycles. The second-order valence-electron chi connectivity index (χ2n) is 5.08. The minimum Gasteiger partial charge on any atom is -0.480 e. The summed E-state index contributed by atoms with van der Waals surface area (Å²) in [5.74, 6) is 0.728. The van der Waals surface area contributed by atoms with Crippen molar-refractivity contribution in [3.8, 4) is 5.88 Å². The Morgan fingerprint density at radius 1 is 1.53 bits per heavy atom. The molecule has 0 aromatic carbocycles. The third kappa shape index (κ3) is 3.94. The van der Waals surface area contributed by atoms with Crippen LogP contribution in [0.15, 0.2) is 5.57 Å². The fourth-order valence-corrected chi connectivity index (χ4v) is 2.71. The topological polar surface area (TPSA) is 37.4 Å². The Labute approximate surface area is 119 Å². The van der Waals surface area contributed by atoms with Crippen LogP contribution >= 0.6 is 11.3 Å². The van der Waals surface area contributed by atoms with E-state index < -0.39 is 0 Å². The highest BCUT2D eigenvalue weighted by atomic mass is 32.1. The monoisotopic (exact) mass is 281 g/mol. The predicted octanol–water partition coefficient (Wildman–Crippen LogP) is 2.76. The lowest BCUT2D eigenvalue weighted by molar-refractivity contribution is 0.400. The zero-order valence-electron chi connectivity index (χ0n) is 12.2. The number of thiazole rings is 1. The van der Waals surface area contributed by atoms with E-state index >= 15 is 0 Å². The van der Waals surface area contributed by atoms with Gasteiger partial charge in [0.1, 0.15) is 0 Å². The van der Waals surface area contributed by atoms with Crippen LogP contribution < -0.4 is 15.0 Å². The van der Waals surface area contributed by atoms with Crippen molar-refractivity contribution in [3.63, 3.8) is 0 Å². The summed E-state index contributed by atoms with van der Waals surface area (Å²) in [4.78, 5) is 7.60. The summed E-state index contributed by atoms with van der Waals surface area (Å²) in [6, 6.07) is 0.746. The van der Waals surface area contributed by atoms with Gasteiger partial charge in [0.2, 0.25) is 5.88 Å². The van der Waals surface area contributed by atoms with Crippen LogP contribution in [0.25, 0.3) is 6.08 Å². The van der Waals surface area contributed by atoms with E-state index in [0.29, 0.717) is 0 Å². The molecule has 0 atom stereocenters. The molecular formula is C14H23N3OS. The zero-order chi connectivity index (χ0) is 13.8. The number of hydrogen-bond acceptors (Lipinski definition) is 5. The molecule has 1 saturated carbocycles. The Kier molecular flexibility index (Phi) is 4.82. The summed E-state index contributed by atoms with van der Waals surface area (Å²) in [5, 5.41) is 4.54. The SMILES string of the molecule is CCC(=Cc1sc(N(C)C)nc1OC)CNC1CC1. The summed E-state index contributed by atoms with van der Waals surface area (Å²) < 4.78 is 5.37. The van der Waals surface area contributed by atoms with Gasteiger partial charge in [-0.1, -0.05) is 23.8 Å². The van der Waals surface area contributed by atoms with Gasteiger partial charge in [-0.3, -0.25) is 0 Å². The van der Waals surface area contributed by atoms with Gasteiger partial charge in [-0.25, -0.2) is 0 Å². The number of ether oxygens (including phenoxy) is 1. The van der Waals surface area contributed by atoms with Crippen LogP contribution in [0.2, 0.25) is 0 Å². The summed E-state index contributed by atoms with van der Waals surface area (Å²) in [7, 11) is 5.68. The molecule has 19 heavy (non-hydrogen) atoms. The largest absolute Gasteiger partial charge is 0.480 e. The third-order valence-electron chi connectivity index (χ3n) is 3.17. The number of nitrogens with one attached hydrogen (secondary N) is 1. The van der Waals surface area contributed by atoms with Crippen molar-refractivity contribution in [2.75, 3.05) is 32.6 Å². The number of hydrogen-bond donors (Lipinski definition) is 1. The summed E-state index contributed by atoms with van der Waals surface area (Å²) in [6.45, 7) is 3.17. The molecule has 0 unspecified atom stereocenters. The van der Waals surface area contributed by atoms with Gasteiger partial charge < -0.3 is 15.0 Å². The van der Waals surface area contributed by atoms with Crippen molar-refractivity contribution >= 4 is 22.5 Å². The quantitative estimate of drug-likeness (QED) is 0.834. The van der Waals surface area contributed by atoms with E-state index in [2.05, 4.69) is 23.3 Å². The summed E-state index contributed by atoms with van der Waals surface area (Å²) in [6.07, 6.45) is 5.92. The zero-order valence-corrected chi connectivity index (χ0v) is 13.0. The molecule has 4 nitrogen and oxygen atoms in total. The highest BCUT2D eigenvalue weighted by molar-refractivity contribution is 7.16. The van der Waals surface area contributed by atoms with E-state index in [1.807, 2.05) is 19.0 Å². The first-order chi connectivity index (χ1) is 9.13. The van der Waals surface area contributed by atoms with Crippen molar-refractivity contribution in [1.82, 2.24) is 10.3 Å². The number of nitrogens with zero attached hydrogens (tertiary/aromatic N) is 2. The molecule has 1 aliphatic rings. The van der Waals surface area contributed by atoms with Gasteiger partial charge in [0.25, 0.3) is 0 Å². The Morgan fingerprint density at radius 2 is 2.26 bits per heavy atom. The first kappa shape index (κ1) is 14.3. The summed E-state index contributed by atoms with van der Waals surface area (Å²) >= 11 is 1.67. The van der Waals surface area contributed by atoms with Gasteiger partial charge in [-0.05, 0) is 25.3 Å². The molecule has 106 valence electrons.